The minimum absolute atomic E-state index is 0.0426. The van der Waals surface area contributed by atoms with Crippen molar-refractivity contribution in [2.24, 2.45) is 0 Å². The standard InChI is InChI=1S/C10H9BrO3/c1-7(12)14-9-4-2-3-8(5-9)10(13)6-11/h2-5H,6H2,1H3. The minimum Gasteiger partial charge on any atom is -0.427 e. The van der Waals surface area contributed by atoms with E-state index in [1.54, 1.807) is 24.3 Å². The normalized spacial score (nSPS) is 9.57. The topological polar surface area (TPSA) is 43.4 Å². The average Bonchev–Trinajstić information content (AvgIpc) is 2.16. The van der Waals surface area contributed by atoms with Crippen LogP contribution in [-0.2, 0) is 4.79 Å². The molecule has 0 aliphatic rings. The Morgan fingerprint density at radius 3 is 2.71 bits per heavy atom. The van der Waals surface area contributed by atoms with Gasteiger partial charge in [-0.15, -0.1) is 0 Å². The summed E-state index contributed by atoms with van der Waals surface area (Å²) < 4.78 is 4.84. The van der Waals surface area contributed by atoms with Gasteiger partial charge in [0.25, 0.3) is 0 Å². The lowest BCUT2D eigenvalue weighted by Crippen LogP contribution is -2.04. The number of ketones is 1. The highest BCUT2D eigenvalue weighted by atomic mass is 79.9. The molecular formula is C10H9BrO3. The predicted molar refractivity (Wildman–Crippen MR) is 55.9 cm³/mol. The Hall–Kier alpha value is -1.16. The zero-order valence-electron chi connectivity index (χ0n) is 7.62. The fourth-order valence-electron chi connectivity index (χ4n) is 0.976. The summed E-state index contributed by atoms with van der Waals surface area (Å²) in [4.78, 5) is 21.9. The second kappa shape index (κ2) is 4.91. The van der Waals surface area contributed by atoms with Crippen LogP contribution in [0.1, 0.15) is 17.3 Å². The van der Waals surface area contributed by atoms with E-state index < -0.39 is 5.97 Å². The molecule has 0 heterocycles. The monoisotopic (exact) mass is 256 g/mol. The van der Waals surface area contributed by atoms with E-state index in [-0.39, 0.29) is 11.1 Å². The maximum absolute atomic E-state index is 11.3. The summed E-state index contributed by atoms with van der Waals surface area (Å²) in [6, 6.07) is 6.53. The van der Waals surface area contributed by atoms with Crippen LogP contribution in [0.5, 0.6) is 5.75 Å². The molecule has 0 aliphatic heterocycles. The van der Waals surface area contributed by atoms with E-state index in [1.165, 1.54) is 6.92 Å². The van der Waals surface area contributed by atoms with Crippen molar-refractivity contribution in [1.29, 1.82) is 0 Å². The van der Waals surface area contributed by atoms with Crippen molar-refractivity contribution in [3.63, 3.8) is 0 Å². The third-order valence-corrected chi connectivity index (χ3v) is 2.05. The van der Waals surface area contributed by atoms with Crippen LogP contribution in [0.25, 0.3) is 0 Å². The fourth-order valence-corrected chi connectivity index (χ4v) is 1.30. The average molecular weight is 257 g/mol. The van der Waals surface area contributed by atoms with E-state index >= 15 is 0 Å². The number of carbonyl (C=O) groups excluding carboxylic acids is 2. The lowest BCUT2D eigenvalue weighted by atomic mass is 10.1. The molecule has 3 nitrogen and oxygen atoms in total. The summed E-state index contributed by atoms with van der Waals surface area (Å²) in [5, 5.41) is 0.260. The molecule has 0 unspecified atom stereocenters. The molecule has 0 aliphatic carbocycles. The molecule has 0 bridgehead atoms. The Bertz CT molecular complexity index is 360. The number of hydrogen-bond donors (Lipinski definition) is 0. The van der Waals surface area contributed by atoms with Gasteiger partial charge in [-0.2, -0.15) is 0 Å². The van der Waals surface area contributed by atoms with Crippen LogP contribution < -0.4 is 4.74 Å². The van der Waals surface area contributed by atoms with Crippen LogP contribution in [0, 0.1) is 0 Å². The number of ether oxygens (including phenoxy) is 1. The SMILES string of the molecule is CC(=O)Oc1cccc(C(=O)CBr)c1. The van der Waals surface area contributed by atoms with Gasteiger partial charge < -0.3 is 4.74 Å². The van der Waals surface area contributed by atoms with E-state index in [0.717, 1.165) is 0 Å². The molecule has 0 atom stereocenters. The van der Waals surface area contributed by atoms with Crippen LogP contribution in [0.3, 0.4) is 0 Å². The van der Waals surface area contributed by atoms with Crippen molar-refractivity contribution in [3.05, 3.63) is 29.8 Å². The number of carbonyl (C=O) groups is 2. The smallest absolute Gasteiger partial charge is 0.308 e. The third-order valence-electron chi connectivity index (χ3n) is 1.54. The predicted octanol–water partition coefficient (Wildman–Crippen LogP) is 2.19. The highest BCUT2D eigenvalue weighted by Crippen LogP contribution is 2.14. The largest absolute Gasteiger partial charge is 0.427 e. The number of alkyl halides is 1. The summed E-state index contributed by atoms with van der Waals surface area (Å²) in [6.45, 7) is 1.32. The van der Waals surface area contributed by atoms with Gasteiger partial charge in [-0.25, -0.2) is 0 Å². The number of benzene rings is 1. The van der Waals surface area contributed by atoms with E-state index in [1.807, 2.05) is 0 Å². The van der Waals surface area contributed by atoms with Crippen molar-refractivity contribution in [3.8, 4) is 5.75 Å². The quantitative estimate of drug-likeness (QED) is 0.361. The van der Waals surface area contributed by atoms with Crippen LogP contribution in [-0.4, -0.2) is 17.1 Å². The van der Waals surface area contributed by atoms with Crippen molar-refractivity contribution in [1.82, 2.24) is 0 Å². The van der Waals surface area contributed by atoms with Crippen molar-refractivity contribution in [2.75, 3.05) is 5.33 Å². The van der Waals surface area contributed by atoms with Crippen molar-refractivity contribution >= 4 is 27.7 Å². The summed E-state index contributed by atoms with van der Waals surface area (Å²) in [5.74, 6) is -0.0447. The lowest BCUT2D eigenvalue weighted by molar-refractivity contribution is -0.131. The molecule has 1 aromatic carbocycles. The molecule has 4 heteroatoms. The Morgan fingerprint density at radius 2 is 2.14 bits per heavy atom. The summed E-state index contributed by atoms with van der Waals surface area (Å²) in [6.07, 6.45) is 0. The molecular weight excluding hydrogens is 248 g/mol. The Kier molecular flexibility index (Phi) is 3.83. The second-order valence-electron chi connectivity index (χ2n) is 2.68. The Labute approximate surface area is 90.2 Å². The first kappa shape index (κ1) is 10.9. The van der Waals surface area contributed by atoms with Crippen LogP contribution in [0.15, 0.2) is 24.3 Å². The number of halogens is 1. The highest BCUT2D eigenvalue weighted by Gasteiger charge is 2.05. The molecule has 0 spiro atoms. The van der Waals surface area contributed by atoms with Crippen LogP contribution in [0.4, 0.5) is 0 Å². The van der Waals surface area contributed by atoms with Gasteiger partial charge in [-0.05, 0) is 12.1 Å². The van der Waals surface area contributed by atoms with Crippen molar-refractivity contribution in [2.45, 2.75) is 6.92 Å². The van der Waals surface area contributed by atoms with Gasteiger partial charge >= 0.3 is 5.97 Å². The first-order chi connectivity index (χ1) is 6.63. The lowest BCUT2D eigenvalue weighted by Gasteiger charge is -2.02. The number of hydrogen-bond acceptors (Lipinski definition) is 3. The van der Waals surface area contributed by atoms with Crippen LogP contribution >= 0.6 is 15.9 Å². The zero-order valence-corrected chi connectivity index (χ0v) is 9.21. The van der Waals surface area contributed by atoms with Gasteiger partial charge in [-0.1, -0.05) is 28.1 Å². The molecule has 0 fully saturated rings. The second-order valence-corrected chi connectivity index (χ2v) is 3.24. The molecule has 74 valence electrons. The van der Waals surface area contributed by atoms with Gasteiger partial charge in [0.1, 0.15) is 5.75 Å². The maximum Gasteiger partial charge on any atom is 0.308 e. The molecule has 0 saturated heterocycles. The third kappa shape index (κ3) is 2.96. The minimum atomic E-state index is -0.395. The zero-order chi connectivity index (χ0) is 10.6. The molecule has 0 radical (unpaired) electrons. The highest BCUT2D eigenvalue weighted by molar-refractivity contribution is 9.09. The van der Waals surface area contributed by atoms with Gasteiger partial charge in [0.2, 0.25) is 0 Å². The number of Topliss-reactive ketones (excluding diaryl/α,β-unsaturated/α-hetero) is 1. The van der Waals surface area contributed by atoms with Crippen molar-refractivity contribution < 1.29 is 14.3 Å². The van der Waals surface area contributed by atoms with E-state index in [0.29, 0.717) is 11.3 Å². The molecule has 0 amide bonds. The molecule has 0 aromatic heterocycles. The number of esters is 1. The van der Waals surface area contributed by atoms with Crippen LogP contribution in [0.2, 0.25) is 0 Å². The first-order valence-corrected chi connectivity index (χ1v) is 5.13. The van der Waals surface area contributed by atoms with E-state index in [4.69, 9.17) is 4.74 Å². The first-order valence-electron chi connectivity index (χ1n) is 4.01. The Morgan fingerprint density at radius 1 is 1.43 bits per heavy atom. The molecule has 1 aromatic rings. The Balaban J connectivity index is 2.89. The van der Waals surface area contributed by atoms with Gasteiger partial charge in [0, 0.05) is 12.5 Å². The maximum atomic E-state index is 11.3. The summed E-state index contributed by atoms with van der Waals surface area (Å²) in [5.41, 5.74) is 0.528. The summed E-state index contributed by atoms with van der Waals surface area (Å²) >= 11 is 3.07. The molecule has 14 heavy (non-hydrogen) atoms. The molecule has 0 saturated carbocycles. The van der Waals surface area contributed by atoms with Gasteiger partial charge in [-0.3, -0.25) is 9.59 Å². The summed E-state index contributed by atoms with van der Waals surface area (Å²) in [7, 11) is 0. The molecule has 0 N–H and O–H groups in total. The number of rotatable bonds is 3. The van der Waals surface area contributed by atoms with E-state index in [9.17, 15) is 9.59 Å². The van der Waals surface area contributed by atoms with Gasteiger partial charge in [0.15, 0.2) is 5.78 Å². The fraction of sp³-hybridized carbons (Fsp3) is 0.200. The molecule has 1 rings (SSSR count). The van der Waals surface area contributed by atoms with Gasteiger partial charge in [0.05, 0.1) is 5.33 Å². The van der Waals surface area contributed by atoms with E-state index in [2.05, 4.69) is 15.9 Å².